The first-order valence-electron chi connectivity index (χ1n) is 6.47. The predicted octanol–water partition coefficient (Wildman–Crippen LogP) is 1.01. The van der Waals surface area contributed by atoms with E-state index < -0.39 is 11.5 Å². The van der Waals surface area contributed by atoms with Crippen molar-refractivity contribution in [1.82, 2.24) is 9.80 Å². The maximum Gasteiger partial charge on any atom is 0.271 e. The first-order chi connectivity index (χ1) is 9.97. The summed E-state index contributed by atoms with van der Waals surface area (Å²) in [5, 5.41) is 9.61. The third-order valence-corrected chi connectivity index (χ3v) is 4.97. The molecule has 1 aromatic rings. The highest BCUT2D eigenvalue weighted by atomic mass is 32.2. The van der Waals surface area contributed by atoms with Crippen LogP contribution in [0.4, 0.5) is 0 Å². The average molecular weight is 306 g/mol. The molecule has 0 saturated carbocycles. The van der Waals surface area contributed by atoms with Gasteiger partial charge in [-0.05, 0) is 17.9 Å². The van der Waals surface area contributed by atoms with Gasteiger partial charge in [0.05, 0.1) is 6.61 Å². The molecule has 0 aromatic heterocycles. The fourth-order valence-corrected chi connectivity index (χ4v) is 3.12. The van der Waals surface area contributed by atoms with Crippen LogP contribution in [-0.2, 0) is 9.59 Å². The van der Waals surface area contributed by atoms with Crippen molar-refractivity contribution in [2.45, 2.75) is 4.87 Å². The molecule has 0 bridgehead atoms. The second-order valence-electron chi connectivity index (χ2n) is 4.82. The molecule has 2 rings (SSSR count). The van der Waals surface area contributed by atoms with Gasteiger partial charge in [0, 0.05) is 14.1 Å². The number of piperazine rings is 1. The largest absolute Gasteiger partial charge is 0.392 e. The fraction of sp³-hybridized carbons (Fsp3) is 0.333. The van der Waals surface area contributed by atoms with Gasteiger partial charge in [0.15, 0.2) is 4.87 Å². The van der Waals surface area contributed by atoms with Gasteiger partial charge in [-0.1, -0.05) is 30.3 Å². The number of thioether (sulfide) groups is 1. The van der Waals surface area contributed by atoms with Gasteiger partial charge in [-0.3, -0.25) is 9.59 Å². The highest BCUT2D eigenvalue weighted by Crippen LogP contribution is 2.35. The number of nitrogens with zero attached hydrogens (tertiary/aromatic N) is 2. The molecular formula is C15H18N2O3S. The first kappa shape index (κ1) is 15.6. The van der Waals surface area contributed by atoms with Gasteiger partial charge in [-0.15, -0.1) is 11.8 Å². The van der Waals surface area contributed by atoms with Crippen molar-refractivity contribution in [2.75, 3.05) is 27.0 Å². The Morgan fingerprint density at radius 2 is 1.86 bits per heavy atom. The predicted molar refractivity (Wildman–Crippen MR) is 83.3 cm³/mol. The van der Waals surface area contributed by atoms with E-state index in [4.69, 9.17) is 0 Å². The van der Waals surface area contributed by atoms with Crippen molar-refractivity contribution < 1.29 is 14.7 Å². The molecule has 112 valence electrons. The van der Waals surface area contributed by atoms with Crippen molar-refractivity contribution >= 4 is 29.7 Å². The molecule has 5 nitrogen and oxygen atoms in total. The molecule has 21 heavy (non-hydrogen) atoms. The summed E-state index contributed by atoms with van der Waals surface area (Å²) in [6.07, 6.45) is 3.38. The SMILES string of the molecule is CSC1(CO)C(=O)N(C)C(=Cc2ccccc2)C(=O)N1C. The summed E-state index contributed by atoms with van der Waals surface area (Å²) in [5.41, 5.74) is 1.14. The quantitative estimate of drug-likeness (QED) is 0.847. The topological polar surface area (TPSA) is 60.9 Å². The third kappa shape index (κ3) is 2.45. The van der Waals surface area contributed by atoms with Crippen LogP contribution >= 0.6 is 11.8 Å². The normalized spacial score (nSPS) is 24.9. The van der Waals surface area contributed by atoms with E-state index in [1.807, 2.05) is 30.3 Å². The molecule has 2 amide bonds. The molecule has 1 aliphatic rings. The number of hydrogen-bond acceptors (Lipinski definition) is 4. The van der Waals surface area contributed by atoms with Crippen LogP contribution in [0.15, 0.2) is 36.0 Å². The van der Waals surface area contributed by atoms with Gasteiger partial charge < -0.3 is 14.9 Å². The van der Waals surface area contributed by atoms with Crippen molar-refractivity contribution in [1.29, 1.82) is 0 Å². The van der Waals surface area contributed by atoms with E-state index >= 15 is 0 Å². The van der Waals surface area contributed by atoms with Gasteiger partial charge in [-0.25, -0.2) is 0 Å². The van der Waals surface area contributed by atoms with E-state index in [0.717, 1.165) is 17.3 Å². The van der Waals surface area contributed by atoms with Crippen LogP contribution < -0.4 is 0 Å². The standard InChI is InChI=1S/C15H18N2O3S/c1-16-12(9-11-7-5-4-6-8-11)13(19)17(2)15(10-18,21-3)14(16)20/h4-9,18H,10H2,1-3H3. The molecule has 0 radical (unpaired) electrons. The molecule has 1 fully saturated rings. The van der Waals surface area contributed by atoms with E-state index in [1.165, 1.54) is 9.80 Å². The summed E-state index contributed by atoms with van der Waals surface area (Å²) in [7, 11) is 3.10. The molecule has 1 aliphatic heterocycles. The number of aliphatic hydroxyl groups excluding tert-OH is 1. The maximum absolute atomic E-state index is 12.6. The van der Waals surface area contributed by atoms with E-state index in [2.05, 4.69) is 0 Å². The molecular weight excluding hydrogens is 288 g/mol. The lowest BCUT2D eigenvalue weighted by Crippen LogP contribution is -2.65. The van der Waals surface area contributed by atoms with Crippen LogP contribution in [0.1, 0.15) is 5.56 Å². The average Bonchev–Trinajstić information content (AvgIpc) is 2.52. The van der Waals surface area contributed by atoms with Crippen LogP contribution in [-0.4, -0.2) is 58.5 Å². The van der Waals surface area contributed by atoms with Crippen LogP contribution in [0.5, 0.6) is 0 Å². The lowest BCUT2D eigenvalue weighted by molar-refractivity contribution is -0.152. The van der Waals surface area contributed by atoms with E-state index in [0.29, 0.717) is 5.70 Å². The van der Waals surface area contributed by atoms with Crippen molar-refractivity contribution in [2.24, 2.45) is 0 Å². The molecule has 1 unspecified atom stereocenters. The highest BCUT2D eigenvalue weighted by Gasteiger charge is 2.51. The molecule has 6 heteroatoms. The second kappa shape index (κ2) is 5.91. The Labute approximate surface area is 128 Å². The summed E-state index contributed by atoms with van der Waals surface area (Å²) >= 11 is 1.16. The molecule has 1 heterocycles. The Balaban J connectivity index is 2.47. The molecule has 1 aromatic carbocycles. The summed E-state index contributed by atoms with van der Waals surface area (Å²) < 4.78 is 0. The van der Waals surface area contributed by atoms with Crippen LogP contribution in [0.2, 0.25) is 0 Å². The van der Waals surface area contributed by atoms with Crippen LogP contribution in [0, 0.1) is 0 Å². The summed E-state index contributed by atoms with van der Waals surface area (Å²) in [4.78, 5) is 26.5. The fourth-order valence-electron chi connectivity index (χ4n) is 2.32. The zero-order valence-corrected chi connectivity index (χ0v) is 13.1. The van der Waals surface area contributed by atoms with Gasteiger partial charge >= 0.3 is 0 Å². The molecule has 0 aliphatic carbocycles. The number of amides is 2. The maximum atomic E-state index is 12.6. The minimum Gasteiger partial charge on any atom is -0.392 e. The summed E-state index contributed by atoms with van der Waals surface area (Å²) in [6.45, 7) is -0.418. The zero-order chi connectivity index (χ0) is 15.6. The molecule has 1 N–H and O–H groups in total. The Morgan fingerprint density at radius 3 is 2.38 bits per heavy atom. The van der Waals surface area contributed by atoms with Crippen molar-refractivity contribution in [3.63, 3.8) is 0 Å². The van der Waals surface area contributed by atoms with Crippen molar-refractivity contribution in [3.8, 4) is 0 Å². The van der Waals surface area contributed by atoms with Gasteiger partial charge in [-0.2, -0.15) is 0 Å². The molecule has 1 atom stereocenters. The van der Waals surface area contributed by atoms with E-state index in [9.17, 15) is 14.7 Å². The third-order valence-electron chi connectivity index (χ3n) is 3.72. The zero-order valence-electron chi connectivity index (χ0n) is 12.2. The van der Waals surface area contributed by atoms with Gasteiger partial charge in [0.2, 0.25) is 0 Å². The summed E-state index contributed by atoms with van der Waals surface area (Å²) in [6, 6.07) is 9.34. The number of carbonyl (C=O) groups excluding carboxylic acids is 2. The minimum absolute atomic E-state index is 0.288. The monoisotopic (exact) mass is 306 g/mol. The Bertz CT molecular complexity index is 582. The first-order valence-corrected chi connectivity index (χ1v) is 7.69. The Morgan fingerprint density at radius 1 is 1.24 bits per heavy atom. The number of hydrogen-bond donors (Lipinski definition) is 1. The minimum atomic E-state index is -1.25. The molecule has 0 spiro atoms. The second-order valence-corrected chi connectivity index (χ2v) is 5.90. The number of benzene rings is 1. The highest BCUT2D eigenvalue weighted by molar-refractivity contribution is 8.00. The number of likely N-dealkylation sites (N-methyl/N-ethyl adjacent to an activating group) is 2. The lowest BCUT2D eigenvalue weighted by atomic mass is 10.1. The van der Waals surface area contributed by atoms with E-state index in [1.54, 1.807) is 26.4 Å². The Hall–Kier alpha value is -1.79. The van der Waals surface area contributed by atoms with Gasteiger partial charge in [0.1, 0.15) is 5.70 Å². The van der Waals surface area contributed by atoms with E-state index in [-0.39, 0.29) is 11.8 Å². The van der Waals surface area contributed by atoms with Crippen LogP contribution in [0.3, 0.4) is 0 Å². The van der Waals surface area contributed by atoms with Crippen LogP contribution in [0.25, 0.3) is 6.08 Å². The lowest BCUT2D eigenvalue weighted by Gasteiger charge is -2.45. The van der Waals surface area contributed by atoms with Crippen molar-refractivity contribution in [3.05, 3.63) is 41.6 Å². The number of carbonyl (C=O) groups is 2. The molecule has 1 saturated heterocycles. The summed E-state index contributed by atoms with van der Waals surface area (Å²) in [5.74, 6) is -0.592. The Kier molecular flexibility index (Phi) is 4.39. The van der Waals surface area contributed by atoms with Gasteiger partial charge in [0.25, 0.3) is 11.8 Å². The number of aliphatic hydroxyl groups is 1. The number of rotatable bonds is 3. The smallest absolute Gasteiger partial charge is 0.271 e.